The van der Waals surface area contributed by atoms with Gasteiger partial charge in [0.1, 0.15) is 0 Å². The van der Waals surface area contributed by atoms with E-state index >= 15 is 0 Å². The molecule has 2 rings (SSSR count). The second-order valence-corrected chi connectivity index (χ2v) is 4.16. The first-order chi connectivity index (χ1) is 8.20. The Morgan fingerprint density at radius 1 is 1.18 bits per heavy atom. The number of rotatable bonds is 4. The summed E-state index contributed by atoms with van der Waals surface area (Å²) in [7, 11) is 0. The Kier molecular flexibility index (Phi) is 3.68. The van der Waals surface area contributed by atoms with Crippen LogP contribution in [0.4, 0.5) is 0 Å². The average molecular weight is 253 g/mol. The smallest absolute Gasteiger partial charge is 0.249 e. The highest BCUT2D eigenvalue weighted by atomic mass is 35.5. The molecule has 0 radical (unpaired) electrons. The summed E-state index contributed by atoms with van der Waals surface area (Å²) in [5, 5.41) is 16.0. The zero-order valence-corrected chi connectivity index (χ0v) is 10.5. The molecule has 0 bridgehead atoms. The lowest BCUT2D eigenvalue weighted by Gasteiger charge is -1.99. The fourth-order valence-corrected chi connectivity index (χ4v) is 1.58. The van der Waals surface area contributed by atoms with Crippen LogP contribution in [-0.4, -0.2) is 26.3 Å². The maximum Gasteiger partial charge on any atom is 0.249 e. The Labute approximate surface area is 104 Å². The molecule has 0 aliphatic carbocycles. The number of hydrogen-bond acceptors (Lipinski definition) is 5. The van der Waals surface area contributed by atoms with Gasteiger partial charge in [0.2, 0.25) is 11.8 Å². The van der Waals surface area contributed by atoms with Crippen LogP contribution in [0.3, 0.4) is 0 Å². The monoisotopic (exact) mass is 252 g/mol. The van der Waals surface area contributed by atoms with Crippen LogP contribution in [0.5, 0.6) is 0 Å². The van der Waals surface area contributed by atoms with Crippen molar-refractivity contribution >= 4 is 11.6 Å². The highest BCUT2D eigenvalue weighted by Crippen LogP contribution is 2.21. The minimum absolute atomic E-state index is 0.491. The van der Waals surface area contributed by atoms with Crippen molar-refractivity contribution in [3.8, 4) is 11.5 Å². The fraction of sp³-hybridized carbons (Fsp3) is 0.455. The van der Waals surface area contributed by atoms with Crippen LogP contribution < -0.4 is 0 Å². The van der Waals surface area contributed by atoms with Gasteiger partial charge in [-0.2, -0.15) is 10.2 Å². The van der Waals surface area contributed by atoms with Crippen LogP contribution in [0.2, 0.25) is 0 Å². The molecule has 0 aliphatic heterocycles. The lowest BCUT2D eigenvalue weighted by Crippen LogP contribution is -1.93. The van der Waals surface area contributed by atoms with E-state index in [0.29, 0.717) is 24.1 Å². The van der Waals surface area contributed by atoms with Crippen molar-refractivity contribution in [1.29, 1.82) is 0 Å². The third kappa shape index (κ3) is 2.79. The van der Waals surface area contributed by atoms with Crippen LogP contribution in [-0.2, 0) is 6.42 Å². The summed E-state index contributed by atoms with van der Waals surface area (Å²) in [6.45, 7) is 3.74. The molecule has 17 heavy (non-hydrogen) atoms. The molecule has 0 unspecified atom stereocenters. The van der Waals surface area contributed by atoms with Gasteiger partial charge < -0.3 is 4.42 Å². The molecule has 0 saturated carbocycles. The van der Waals surface area contributed by atoms with E-state index in [0.717, 1.165) is 23.4 Å². The minimum Gasteiger partial charge on any atom is -0.421 e. The van der Waals surface area contributed by atoms with Crippen molar-refractivity contribution in [3.05, 3.63) is 23.3 Å². The zero-order valence-electron chi connectivity index (χ0n) is 9.77. The van der Waals surface area contributed by atoms with Crippen molar-refractivity contribution < 1.29 is 4.42 Å². The van der Waals surface area contributed by atoms with E-state index in [9.17, 15) is 0 Å². The number of hydrogen-bond donors (Lipinski definition) is 0. The van der Waals surface area contributed by atoms with Gasteiger partial charge in [0.15, 0.2) is 0 Å². The average Bonchev–Trinajstić information content (AvgIpc) is 2.78. The molecule has 6 heteroatoms. The Morgan fingerprint density at radius 2 is 2.00 bits per heavy atom. The van der Waals surface area contributed by atoms with Crippen LogP contribution in [0.1, 0.15) is 23.7 Å². The topological polar surface area (TPSA) is 64.7 Å². The largest absolute Gasteiger partial charge is 0.421 e. The van der Waals surface area contributed by atoms with Gasteiger partial charge in [-0.1, -0.05) is 0 Å². The minimum atomic E-state index is 0.491. The molecule has 0 atom stereocenters. The van der Waals surface area contributed by atoms with E-state index in [1.807, 2.05) is 19.9 Å². The van der Waals surface area contributed by atoms with Crippen molar-refractivity contribution in [2.75, 3.05) is 5.88 Å². The van der Waals surface area contributed by atoms with Gasteiger partial charge in [-0.05, 0) is 26.3 Å². The third-order valence-electron chi connectivity index (χ3n) is 2.32. The summed E-state index contributed by atoms with van der Waals surface area (Å²) >= 11 is 5.61. The molecule has 0 amide bonds. The molecule has 0 saturated heterocycles. The summed E-state index contributed by atoms with van der Waals surface area (Å²) in [6, 6.07) is 1.89. The Bertz CT molecular complexity index is 512. The van der Waals surface area contributed by atoms with Crippen LogP contribution >= 0.6 is 11.6 Å². The molecule has 0 spiro atoms. The lowest BCUT2D eigenvalue weighted by molar-refractivity contribution is 0.502. The molecule has 2 aromatic rings. The molecule has 2 heterocycles. The number of aryl methyl sites for hydroxylation is 3. The predicted octanol–water partition coefficient (Wildman–Crippen LogP) is 2.31. The van der Waals surface area contributed by atoms with Gasteiger partial charge >= 0.3 is 0 Å². The number of alkyl halides is 1. The van der Waals surface area contributed by atoms with Gasteiger partial charge in [0, 0.05) is 12.3 Å². The number of aromatic nitrogens is 4. The van der Waals surface area contributed by atoms with E-state index in [2.05, 4.69) is 20.4 Å². The summed E-state index contributed by atoms with van der Waals surface area (Å²) in [4.78, 5) is 0. The van der Waals surface area contributed by atoms with Gasteiger partial charge in [-0.25, -0.2) is 0 Å². The molecule has 2 aromatic heterocycles. The fourth-order valence-electron chi connectivity index (χ4n) is 1.45. The zero-order chi connectivity index (χ0) is 12.3. The van der Waals surface area contributed by atoms with E-state index in [1.165, 1.54) is 0 Å². The first kappa shape index (κ1) is 12.0. The second kappa shape index (κ2) is 5.23. The molecule has 5 nitrogen and oxygen atoms in total. The van der Waals surface area contributed by atoms with Crippen molar-refractivity contribution in [2.45, 2.75) is 26.7 Å². The first-order valence-corrected chi connectivity index (χ1v) is 5.94. The van der Waals surface area contributed by atoms with Gasteiger partial charge in [-0.15, -0.1) is 21.8 Å². The van der Waals surface area contributed by atoms with Gasteiger partial charge in [0.05, 0.1) is 17.0 Å². The van der Waals surface area contributed by atoms with E-state index in [4.69, 9.17) is 16.0 Å². The predicted molar refractivity (Wildman–Crippen MR) is 63.8 cm³/mol. The quantitative estimate of drug-likeness (QED) is 0.782. The molecular weight excluding hydrogens is 240 g/mol. The van der Waals surface area contributed by atoms with E-state index in [-0.39, 0.29) is 0 Å². The summed E-state index contributed by atoms with van der Waals surface area (Å²) in [6.07, 6.45) is 1.53. The van der Waals surface area contributed by atoms with E-state index in [1.54, 1.807) is 0 Å². The second-order valence-electron chi connectivity index (χ2n) is 3.78. The summed E-state index contributed by atoms with van der Waals surface area (Å²) in [5.74, 6) is 1.69. The standard InChI is InChI=1S/C11H13ClN4O/c1-7-6-9(8(2)14-13-7)11-16-15-10(17-11)4-3-5-12/h6H,3-5H2,1-2H3. The normalized spacial score (nSPS) is 10.8. The van der Waals surface area contributed by atoms with Crippen molar-refractivity contribution in [3.63, 3.8) is 0 Å². The summed E-state index contributed by atoms with van der Waals surface area (Å²) < 4.78 is 5.56. The Hall–Kier alpha value is -1.49. The van der Waals surface area contributed by atoms with E-state index < -0.39 is 0 Å². The molecule has 0 fully saturated rings. The molecule has 0 aromatic carbocycles. The molecular formula is C11H13ClN4O. The lowest BCUT2D eigenvalue weighted by atomic mass is 10.2. The van der Waals surface area contributed by atoms with Crippen LogP contribution in [0.15, 0.2) is 10.5 Å². The number of nitrogens with zero attached hydrogens (tertiary/aromatic N) is 4. The highest BCUT2D eigenvalue weighted by Gasteiger charge is 2.12. The van der Waals surface area contributed by atoms with Gasteiger partial charge in [0.25, 0.3) is 0 Å². The molecule has 0 aliphatic rings. The first-order valence-electron chi connectivity index (χ1n) is 5.40. The summed E-state index contributed by atoms with van der Waals surface area (Å²) in [5.41, 5.74) is 2.44. The highest BCUT2D eigenvalue weighted by molar-refractivity contribution is 6.17. The molecule has 0 N–H and O–H groups in total. The Balaban J connectivity index is 2.27. The van der Waals surface area contributed by atoms with Gasteiger partial charge in [-0.3, -0.25) is 0 Å². The maximum atomic E-state index is 5.61. The maximum absolute atomic E-state index is 5.61. The third-order valence-corrected chi connectivity index (χ3v) is 2.59. The number of halogens is 1. The molecule has 90 valence electrons. The van der Waals surface area contributed by atoms with Crippen LogP contribution in [0.25, 0.3) is 11.5 Å². The van der Waals surface area contributed by atoms with Crippen molar-refractivity contribution in [1.82, 2.24) is 20.4 Å². The SMILES string of the molecule is Cc1cc(-c2nnc(CCCCl)o2)c(C)nn1. The van der Waals surface area contributed by atoms with Crippen LogP contribution in [0, 0.1) is 13.8 Å². The Morgan fingerprint density at radius 3 is 2.76 bits per heavy atom. The van der Waals surface area contributed by atoms with Crippen molar-refractivity contribution in [2.24, 2.45) is 0 Å².